The van der Waals surface area contributed by atoms with Crippen molar-refractivity contribution in [3.8, 4) is 5.75 Å². The van der Waals surface area contributed by atoms with Gasteiger partial charge in [-0.25, -0.2) is 0 Å². The van der Waals surface area contributed by atoms with Crippen molar-refractivity contribution < 1.29 is 14.3 Å². The Labute approximate surface area is 115 Å². The van der Waals surface area contributed by atoms with Crippen molar-refractivity contribution in [1.82, 2.24) is 4.90 Å². The predicted octanol–water partition coefficient (Wildman–Crippen LogP) is 2.40. The normalized spacial score (nSPS) is 10.0. The van der Waals surface area contributed by atoms with Crippen LogP contribution in [-0.2, 0) is 16.1 Å². The maximum absolute atomic E-state index is 11.6. The van der Waals surface area contributed by atoms with Gasteiger partial charge in [-0.15, -0.1) is 0 Å². The molecule has 0 spiro atoms. The van der Waals surface area contributed by atoms with Crippen LogP contribution in [0.25, 0.3) is 0 Å². The number of carbonyl (C=O) groups excluding carboxylic acids is 2. The van der Waals surface area contributed by atoms with Crippen LogP contribution in [0.15, 0.2) is 22.7 Å². The average Bonchev–Trinajstić information content (AvgIpc) is 2.28. The van der Waals surface area contributed by atoms with E-state index in [-0.39, 0.29) is 18.1 Å². The van der Waals surface area contributed by atoms with Gasteiger partial charge in [0.05, 0.1) is 18.0 Å². The molecule has 5 heteroatoms. The lowest BCUT2D eigenvalue weighted by atomic mass is 10.2. The van der Waals surface area contributed by atoms with Gasteiger partial charge in [0, 0.05) is 13.6 Å². The third kappa shape index (κ3) is 4.14. The van der Waals surface area contributed by atoms with Gasteiger partial charge in [-0.2, -0.15) is 0 Å². The number of rotatable bonds is 5. The molecule has 0 fully saturated rings. The lowest BCUT2D eigenvalue weighted by Gasteiger charge is -2.17. The molecule has 0 aromatic heterocycles. The largest absolute Gasteiger partial charge is 0.496 e. The topological polar surface area (TPSA) is 46.6 Å². The summed E-state index contributed by atoms with van der Waals surface area (Å²) in [6.45, 7) is 1.88. The Hall–Kier alpha value is -1.36. The van der Waals surface area contributed by atoms with E-state index in [4.69, 9.17) is 4.74 Å². The van der Waals surface area contributed by atoms with Crippen molar-refractivity contribution in [2.75, 3.05) is 14.2 Å². The van der Waals surface area contributed by atoms with Crippen LogP contribution in [0.3, 0.4) is 0 Å². The molecule has 0 radical (unpaired) electrons. The summed E-state index contributed by atoms with van der Waals surface area (Å²) < 4.78 is 5.98. The lowest BCUT2D eigenvalue weighted by molar-refractivity contribution is -0.134. The molecular weight excluding hydrogens is 298 g/mol. The number of ketones is 1. The third-order valence-electron chi connectivity index (χ3n) is 2.46. The van der Waals surface area contributed by atoms with Crippen molar-refractivity contribution >= 4 is 27.6 Å². The second-order valence-electron chi connectivity index (χ2n) is 4.10. The first kappa shape index (κ1) is 14.7. The minimum atomic E-state index is -0.172. The number of ether oxygens (including phenoxy) is 1. The molecule has 1 aromatic rings. The highest BCUT2D eigenvalue weighted by Crippen LogP contribution is 2.25. The molecule has 0 unspecified atom stereocenters. The third-order valence-corrected chi connectivity index (χ3v) is 3.08. The van der Waals surface area contributed by atoms with Crippen LogP contribution in [0.4, 0.5) is 0 Å². The number of nitrogens with zero attached hydrogens (tertiary/aromatic N) is 1. The molecule has 18 heavy (non-hydrogen) atoms. The highest BCUT2D eigenvalue weighted by atomic mass is 79.9. The van der Waals surface area contributed by atoms with Crippen molar-refractivity contribution in [2.24, 2.45) is 0 Å². The summed E-state index contributed by atoms with van der Waals surface area (Å²) in [5, 5.41) is 0. The molecule has 0 saturated heterocycles. The summed E-state index contributed by atoms with van der Waals surface area (Å²) in [5.74, 6) is 0.452. The Morgan fingerprint density at radius 3 is 2.56 bits per heavy atom. The minimum absolute atomic E-state index is 0.0478. The molecule has 1 aromatic carbocycles. The van der Waals surface area contributed by atoms with Gasteiger partial charge in [-0.05, 0) is 40.5 Å². The molecule has 1 rings (SSSR count). The van der Waals surface area contributed by atoms with Gasteiger partial charge < -0.3 is 9.64 Å². The van der Waals surface area contributed by atoms with E-state index in [1.807, 2.05) is 18.2 Å². The van der Waals surface area contributed by atoms with E-state index >= 15 is 0 Å². The predicted molar refractivity (Wildman–Crippen MR) is 72.5 cm³/mol. The van der Waals surface area contributed by atoms with Crippen LogP contribution in [0.2, 0.25) is 0 Å². The molecule has 1 amide bonds. The van der Waals surface area contributed by atoms with Crippen LogP contribution in [0.1, 0.15) is 18.9 Å². The first-order chi connectivity index (χ1) is 8.43. The second kappa shape index (κ2) is 6.54. The van der Waals surface area contributed by atoms with E-state index in [1.54, 1.807) is 14.2 Å². The molecular formula is C13H16BrNO3. The number of methoxy groups -OCH3 is 1. The van der Waals surface area contributed by atoms with E-state index < -0.39 is 0 Å². The number of hydrogen-bond acceptors (Lipinski definition) is 3. The molecule has 0 heterocycles. The van der Waals surface area contributed by atoms with Crippen LogP contribution >= 0.6 is 15.9 Å². The zero-order chi connectivity index (χ0) is 13.7. The Kier molecular flexibility index (Phi) is 5.34. The summed E-state index contributed by atoms with van der Waals surface area (Å²) >= 11 is 3.39. The smallest absolute Gasteiger partial charge is 0.230 e. The maximum Gasteiger partial charge on any atom is 0.230 e. The quantitative estimate of drug-likeness (QED) is 0.784. The van der Waals surface area contributed by atoms with Gasteiger partial charge in [0.1, 0.15) is 11.5 Å². The van der Waals surface area contributed by atoms with E-state index in [1.165, 1.54) is 11.8 Å². The average molecular weight is 314 g/mol. The molecule has 0 atom stereocenters. The number of amides is 1. The van der Waals surface area contributed by atoms with Crippen LogP contribution in [0.5, 0.6) is 5.75 Å². The van der Waals surface area contributed by atoms with E-state index in [0.29, 0.717) is 6.54 Å². The molecule has 98 valence electrons. The molecule has 0 aliphatic heterocycles. The Morgan fingerprint density at radius 2 is 2.06 bits per heavy atom. The Bertz CT molecular complexity index is 460. The standard InChI is InChI=1S/C13H16BrNO3/c1-9(16)6-13(17)15(2)8-10-4-5-12(18-3)11(14)7-10/h4-5,7H,6,8H2,1-3H3. The zero-order valence-corrected chi connectivity index (χ0v) is 12.3. The molecule has 0 bridgehead atoms. The summed E-state index contributed by atoms with van der Waals surface area (Å²) in [5.41, 5.74) is 0.974. The monoisotopic (exact) mass is 313 g/mol. The molecule has 4 nitrogen and oxygen atoms in total. The number of carbonyl (C=O) groups is 2. The zero-order valence-electron chi connectivity index (χ0n) is 10.7. The molecule has 0 saturated carbocycles. The molecule has 0 aliphatic rings. The number of Topliss-reactive ketones (excluding diaryl/α,β-unsaturated/α-hetero) is 1. The van der Waals surface area contributed by atoms with Crippen molar-refractivity contribution in [1.29, 1.82) is 0 Å². The molecule has 0 aliphatic carbocycles. The summed E-state index contributed by atoms with van der Waals surface area (Å²) in [4.78, 5) is 24.0. The van der Waals surface area contributed by atoms with Gasteiger partial charge in [0.2, 0.25) is 5.91 Å². The first-order valence-electron chi connectivity index (χ1n) is 5.50. The second-order valence-corrected chi connectivity index (χ2v) is 4.95. The van der Waals surface area contributed by atoms with E-state index in [0.717, 1.165) is 15.8 Å². The fourth-order valence-corrected chi connectivity index (χ4v) is 2.11. The summed E-state index contributed by atoms with van der Waals surface area (Å²) in [7, 11) is 3.28. The van der Waals surface area contributed by atoms with E-state index in [2.05, 4.69) is 15.9 Å². The van der Waals surface area contributed by atoms with Crippen molar-refractivity contribution in [3.63, 3.8) is 0 Å². The van der Waals surface area contributed by atoms with Gasteiger partial charge in [0.15, 0.2) is 0 Å². The SMILES string of the molecule is COc1ccc(CN(C)C(=O)CC(C)=O)cc1Br. The highest BCUT2D eigenvalue weighted by molar-refractivity contribution is 9.10. The van der Waals surface area contributed by atoms with E-state index in [9.17, 15) is 9.59 Å². The number of benzene rings is 1. The summed E-state index contributed by atoms with van der Waals surface area (Å²) in [6.07, 6.45) is -0.0478. The van der Waals surface area contributed by atoms with Gasteiger partial charge in [-0.1, -0.05) is 6.07 Å². The highest BCUT2D eigenvalue weighted by Gasteiger charge is 2.12. The fourth-order valence-electron chi connectivity index (χ4n) is 1.52. The minimum Gasteiger partial charge on any atom is -0.496 e. The van der Waals surface area contributed by atoms with Crippen LogP contribution in [0, 0.1) is 0 Å². The van der Waals surface area contributed by atoms with Crippen LogP contribution < -0.4 is 4.74 Å². The number of hydrogen-bond donors (Lipinski definition) is 0. The Morgan fingerprint density at radius 1 is 1.39 bits per heavy atom. The Balaban J connectivity index is 2.70. The van der Waals surface area contributed by atoms with Crippen molar-refractivity contribution in [3.05, 3.63) is 28.2 Å². The first-order valence-corrected chi connectivity index (χ1v) is 6.29. The number of halogens is 1. The van der Waals surface area contributed by atoms with Gasteiger partial charge >= 0.3 is 0 Å². The van der Waals surface area contributed by atoms with Crippen LogP contribution in [-0.4, -0.2) is 30.7 Å². The van der Waals surface area contributed by atoms with Gasteiger partial charge in [0.25, 0.3) is 0 Å². The lowest BCUT2D eigenvalue weighted by Crippen LogP contribution is -2.27. The van der Waals surface area contributed by atoms with Crippen molar-refractivity contribution in [2.45, 2.75) is 19.9 Å². The maximum atomic E-state index is 11.6. The van der Waals surface area contributed by atoms with Gasteiger partial charge in [-0.3, -0.25) is 9.59 Å². The molecule has 0 N–H and O–H groups in total. The summed E-state index contributed by atoms with van der Waals surface area (Å²) in [6, 6.07) is 5.63. The fraction of sp³-hybridized carbons (Fsp3) is 0.385.